The summed E-state index contributed by atoms with van der Waals surface area (Å²) in [6.45, 7) is 0.978. The number of carbonyl (C=O) groups excluding carboxylic acids is 3. The molecule has 0 saturated carbocycles. The average molecular weight is 250 g/mol. The monoisotopic (exact) mass is 250 g/mol. The third-order valence-corrected chi connectivity index (χ3v) is 2.35. The van der Waals surface area contributed by atoms with Crippen LogP contribution in [-0.4, -0.2) is 31.4 Å². The maximum Gasteiger partial charge on any atom is 0.320 e. The molecule has 0 radical (unpaired) electrons. The number of carbonyl (C=O) groups is 3. The van der Waals surface area contributed by atoms with Crippen molar-refractivity contribution >= 4 is 17.7 Å². The van der Waals surface area contributed by atoms with Crippen LogP contribution in [0.3, 0.4) is 0 Å². The van der Waals surface area contributed by atoms with Gasteiger partial charge in [0.25, 0.3) is 0 Å². The van der Waals surface area contributed by atoms with E-state index >= 15 is 0 Å². The van der Waals surface area contributed by atoms with E-state index < -0.39 is 17.9 Å². The van der Waals surface area contributed by atoms with Crippen molar-refractivity contribution in [2.45, 2.75) is 6.92 Å². The van der Waals surface area contributed by atoms with Crippen LogP contribution in [0.1, 0.15) is 17.3 Å². The number of Topliss-reactive ketones (excluding diaryl/α,β-unsaturated/α-hetero) is 1. The molecular weight excluding hydrogens is 236 g/mol. The Morgan fingerprint density at radius 3 is 2.28 bits per heavy atom. The quantitative estimate of drug-likeness (QED) is 0.446. The summed E-state index contributed by atoms with van der Waals surface area (Å²) in [7, 11) is 1.18. The van der Waals surface area contributed by atoms with Gasteiger partial charge in [-0.3, -0.25) is 14.4 Å². The number of hydrogen-bond acceptors (Lipinski definition) is 5. The lowest BCUT2D eigenvalue weighted by atomic mass is 10.1. The lowest BCUT2D eigenvalue weighted by Crippen LogP contribution is -2.26. The van der Waals surface area contributed by atoms with E-state index in [1.165, 1.54) is 14.0 Å². The normalized spacial score (nSPS) is 11.4. The second-order valence-electron chi connectivity index (χ2n) is 3.64. The molecule has 0 amide bonds. The smallest absolute Gasteiger partial charge is 0.320 e. The van der Waals surface area contributed by atoms with E-state index in [2.05, 4.69) is 4.74 Å². The van der Waals surface area contributed by atoms with E-state index in [0.29, 0.717) is 5.56 Å². The molecule has 0 aliphatic heterocycles. The molecule has 18 heavy (non-hydrogen) atoms. The van der Waals surface area contributed by atoms with E-state index in [-0.39, 0.29) is 12.4 Å². The van der Waals surface area contributed by atoms with E-state index in [0.717, 1.165) is 0 Å². The number of rotatable bonds is 5. The first-order valence-corrected chi connectivity index (χ1v) is 5.39. The van der Waals surface area contributed by atoms with Crippen LogP contribution in [0.2, 0.25) is 0 Å². The van der Waals surface area contributed by atoms with Gasteiger partial charge in [0.1, 0.15) is 0 Å². The molecule has 0 aliphatic rings. The number of benzene rings is 1. The van der Waals surface area contributed by atoms with E-state index in [1.54, 1.807) is 30.3 Å². The number of ketones is 1. The van der Waals surface area contributed by atoms with Gasteiger partial charge in [-0.2, -0.15) is 0 Å². The number of ether oxygens (including phenoxy) is 2. The van der Waals surface area contributed by atoms with Crippen LogP contribution in [0, 0.1) is 5.92 Å². The van der Waals surface area contributed by atoms with E-state index in [9.17, 15) is 14.4 Å². The van der Waals surface area contributed by atoms with Crippen LogP contribution < -0.4 is 0 Å². The Hall–Kier alpha value is -2.17. The summed E-state index contributed by atoms with van der Waals surface area (Å²) in [4.78, 5) is 34.1. The van der Waals surface area contributed by atoms with Crippen LogP contribution >= 0.6 is 0 Å². The lowest BCUT2D eigenvalue weighted by Gasteiger charge is -2.08. The summed E-state index contributed by atoms with van der Waals surface area (Å²) in [5.41, 5.74) is 0.455. The van der Waals surface area contributed by atoms with Gasteiger partial charge in [-0.25, -0.2) is 0 Å². The number of hydrogen-bond donors (Lipinski definition) is 0. The van der Waals surface area contributed by atoms with Crippen molar-refractivity contribution in [2.24, 2.45) is 5.92 Å². The van der Waals surface area contributed by atoms with Gasteiger partial charge in [0.15, 0.2) is 18.3 Å². The number of esters is 2. The minimum absolute atomic E-state index is 0.319. The van der Waals surface area contributed by atoms with Crippen LogP contribution in [0.4, 0.5) is 0 Å². The highest BCUT2D eigenvalue weighted by Gasteiger charge is 2.24. The maximum absolute atomic E-state index is 11.6. The zero-order valence-electron chi connectivity index (χ0n) is 10.2. The third kappa shape index (κ3) is 3.69. The molecule has 0 spiro atoms. The molecule has 1 atom stereocenters. The van der Waals surface area contributed by atoms with E-state index in [4.69, 9.17) is 4.74 Å². The van der Waals surface area contributed by atoms with Gasteiger partial charge in [0.05, 0.1) is 7.11 Å². The van der Waals surface area contributed by atoms with Gasteiger partial charge in [0.2, 0.25) is 0 Å². The highest BCUT2D eigenvalue weighted by atomic mass is 16.6. The fraction of sp³-hybridized carbons (Fsp3) is 0.308. The zero-order chi connectivity index (χ0) is 13.5. The van der Waals surface area contributed by atoms with Crippen molar-refractivity contribution in [1.29, 1.82) is 0 Å². The zero-order valence-corrected chi connectivity index (χ0v) is 10.2. The van der Waals surface area contributed by atoms with Gasteiger partial charge in [-0.05, 0) is 6.92 Å². The number of methoxy groups -OCH3 is 1. The molecule has 5 nitrogen and oxygen atoms in total. The average Bonchev–Trinajstić information content (AvgIpc) is 2.43. The Morgan fingerprint density at radius 2 is 1.72 bits per heavy atom. The Kier molecular flexibility index (Phi) is 5.05. The summed E-state index contributed by atoms with van der Waals surface area (Å²) in [6, 6.07) is 8.46. The molecule has 1 aromatic carbocycles. The summed E-state index contributed by atoms with van der Waals surface area (Å²) in [6.07, 6.45) is 0. The fourth-order valence-corrected chi connectivity index (χ4v) is 1.24. The Balaban J connectivity index is 2.49. The standard InChI is InChI=1S/C13H14O5/c1-9(12(15)17-2)13(16)18-8-11(14)10-6-4-3-5-7-10/h3-7,9H,8H2,1-2H3. The topological polar surface area (TPSA) is 69.7 Å². The molecule has 0 N–H and O–H groups in total. The first-order chi connectivity index (χ1) is 8.56. The molecule has 96 valence electrons. The van der Waals surface area contributed by atoms with Gasteiger partial charge >= 0.3 is 11.9 Å². The fourth-order valence-electron chi connectivity index (χ4n) is 1.24. The molecular formula is C13H14O5. The third-order valence-electron chi connectivity index (χ3n) is 2.35. The summed E-state index contributed by atoms with van der Waals surface area (Å²) >= 11 is 0. The Bertz CT molecular complexity index is 438. The second-order valence-corrected chi connectivity index (χ2v) is 3.64. The van der Waals surface area contributed by atoms with Gasteiger partial charge < -0.3 is 9.47 Å². The van der Waals surface area contributed by atoms with Crippen molar-refractivity contribution in [2.75, 3.05) is 13.7 Å². The molecule has 0 aromatic heterocycles. The predicted molar refractivity (Wildman–Crippen MR) is 62.9 cm³/mol. The first kappa shape index (κ1) is 13.9. The second kappa shape index (κ2) is 6.54. The van der Waals surface area contributed by atoms with Crippen molar-refractivity contribution < 1.29 is 23.9 Å². The van der Waals surface area contributed by atoms with Gasteiger partial charge in [-0.1, -0.05) is 30.3 Å². The van der Waals surface area contributed by atoms with Crippen LogP contribution in [0.5, 0.6) is 0 Å². The summed E-state index contributed by atoms with van der Waals surface area (Å²) < 4.78 is 9.15. The molecule has 0 aliphatic carbocycles. The Morgan fingerprint density at radius 1 is 1.11 bits per heavy atom. The highest BCUT2D eigenvalue weighted by Crippen LogP contribution is 2.04. The SMILES string of the molecule is COC(=O)C(C)C(=O)OCC(=O)c1ccccc1. The largest absolute Gasteiger partial charge is 0.468 e. The van der Waals surface area contributed by atoms with Crippen molar-refractivity contribution in [3.63, 3.8) is 0 Å². The first-order valence-electron chi connectivity index (χ1n) is 5.39. The highest BCUT2D eigenvalue weighted by molar-refractivity contribution is 5.99. The lowest BCUT2D eigenvalue weighted by molar-refractivity contribution is -0.158. The molecule has 0 bridgehead atoms. The summed E-state index contributed by atoms with van der Waals surface area (Å²) in [5.74, 6) is -2.81. The molecule has 5 heteroatoms. The molecule has 0 saturated heterocycles. The molecule has 0 fully saturated rings. The molecule has 1 aromatic rings. The van der Waals surface area contributed by atoms with Crippen molar-refractivity contribution in [3.8, 4) is 0 Å². The van der Waals surface area contributed by atoms with Gasteiger partial charge in [-0.15, -0.1) is 0 Å². The predicted octanol–water partition coefficient (Wildman–Crippen LogP) is 1.22. The van der Waals surface area contributed by atoms with Crippen molar-refractivity contribution in [1.82, 2.24) is 0 Å². The molecule has 1 rings (SSSR count). The van der Waals surface area contributed by atoms with E-state index in [1.807, 2.05) is 0 Å². The summed E-state index contributed by atoms with van der Waals surface area (Å²) in [5, 5.41) is 0. The minimum atomic E-state index is -1.03. The van der Waals surface area contributed by atoms with Crippen LogP contribution in [-0.2, 0) is 19.1 Å². The molecule has 0 heterocycles. The van der Waals surface area contributed by atoms with Crippen molar-refractivity contribution in [3.05, 3.63) is 35.9 Å². The maximum atomic E-state index is 11.6. The van der Waals surface area contributed by atoms with Crippen LogP contribution in [0.15, 0.2) is 30.3 Å². The Labute approximate surface area is 105 Å². The minimum Gasteiger partial charge on any atom is -0.468 e. The molecule has 1 unspecified atom stereocenters. The van der Waals surface area contributed by atoms with Crippen LogP contribution in [0.25, 0.3) is 0 Å². The van der Waals surface area contributed by atoms with Gasteiger partial charge in [0, 0.05) is 5.56 Å².